The van der Waals surface area contributed by atoms with Crippen molar-refractivity contribution in [1.29, 1.82) is 0 Å². The summed E-state index contributed by atoms with van der Waals surface area (Å²) in [5.74, 6) is -1.69. The second kappa shape index (κ2) is 7.66. The van der Waals surface area contributed by atoms with E-state index in [9.17, 15) is 18.0 Å². The van der Waals surface area contributed by atoms with E-state index in [1.54, 1.807) is 24.3 Å². The predicted octanol–water partition coefficient (Wildman–Crippen LogP) is 3.07. The molecule has 2 fully saturated rings. The summed E-state index contributed by atoms with van der Waals surface area (Å²) >= 11 is 1.53. The zero-order chi connectivity index (χ0) is 20.8. The van der Waals surface area contributed by atoms with Gasteiger partial charge in [-0.2, -0.15) is 4.31 Å². The van der Waals surface area contributed by atoms with E-state index < -0.39 is 21.9 Å². The largest absolute Gasteiger partial charge is 0.274 e. The summed E-state index contributed by atoms with van der Waals surface area (Å²) in [6, 6.07) is 10.4. The standard InChI is InChI=1S/C21H24N2O4S2/c1-3-14-7-9-15(10-8-14)29(26,27)22-12-16-17(13-22)21(25)23(20(16)24)18(4-2)19-6-5-11-28-19/h5-11,16-18H,3-4,12-13H2,1-2H3/t16-,17+,18?. The van der Waals surface area contributed by atoms with Gasteiger partial charge in [0.25, 0.3) is 0 Å². The Bertz CT molecular complexity index is 991. The molecule has 3 heterocycles. The number of carbonyl (C=O) groups excluding carboxylic acids is 2. The fraction of sp³-hybridized carbons (Fsp3) is 0.429. The van der Waals surface area contributed by atoms with E-state index in [2.05, 4.69) is 0 Å². The highest BCUT2D eigenvalue weighted by molar-refractivity contribution is 7.89. The Labute approximate surface area is 175 Å². The van der Waals surface area contributed by atoms with Gasteiger partial charge < -0.3 is 0 Å². The number of hydrogen-bond acceptors (Lipinski definition) is 5. The average molecular weight is 433 g/mol. The van der Waals surface area contributed by atoms with Crippen molar-refractivity contribution in [3.8, 4) is 0 Å². The highest BCUT2D eigenvalue weighted by atomic mass is 32.2. The molecule has 0 spiro atoms. The number of sulfonamides is 1. The molecule has 2 aliphatic heterocycles. The Hall–Kier alpha value is -2.03. The van der Waals surface area contributed by atoms with E-state index >= 15 is 0 Å². The monoisotopic (exact) mass is 432 g/mol. The topological polar surface area (TPSA) is 74.8 Å². The number of aryl methyl sites for hydroxylation is 1. The van der Waals surface area contributed by atoms with Gasteiger partial charge in [0, 0.05) is 18.0 Å². The molecule has 0 bridgehead atoms. The lowest BCUT2D eigenvalue weighted by Crippen LogP contribution is -2.39. The van der Waals surface area contributed by atoms with Gasteiger partial charge in [-0.05, 0) is 42.0 Å². The molecule has 2 aliphatic rings. The Balaban J connectivity index is 1.56. The van der Waals surface area contributed by atoms with Crippen LogP contribution in [0, 0.1) is 11.8 Å². The van der Waals surface area contributed by atoms with Crippen molar-refractivity contribution in [2.75, 3.05) is 13.1 Å². The summed E-state index contributed by atoms with van der Waals surface area (Å²) < 4.78 is 27.4. The molecule has 4 rings (SSSR count). The third-order valence-corrected chi connectivity index (χ3v) is 8.75. The van der Waals surface area contributed by atoms with E-state index in [-0.39, 0.29) is 35.8 Å². The number of hydrogen-bond donors (Lipinski definition) is 0. The first kappa shape index (κ1) is 20.3. The van der Waals surface area contributed by atoms with Crippen molar-refractivity contribution in [3.05, 3.63) is 52.2 Å². The molecule has 6 nitrogen and oxygen atoms in total. The minimum Gasteiger partial charge on any atom is -0.274 e. The van der Waals surface area contributed by atoms with Crippen LogP contribution < -0.4 is 0 Å². The number of nitrogens with zero attached hydrogens (tertiary/aromatic N) is 2. The lowest BCUT2D eigenvalue weighted by molar-refractivity contribution is -0.143. The Morgan fingerprint density at radius 2 is 1.66 bits per heavy atom. The maximum Gasteiger partial charge on any atom is 0.243 e. The van der Waals surface area contributed by atoms with Crippen molar-refractivity contribution < 1.29 is 18.0 Å². The predicted molar refractivity (Wildman–Crippen MR) is 111 cm³/mol. The first-order chi connectivity index (χ1) is 13.9. The smallest absolute Gasteiger partial charge is 0.243 e. The van der Waals surface area contributed by atoms with Crippen LogP contribution in [0.15, 0.2) is 46.7 Å². The lowest BCUT2D eigenvalue weighted by atomic mass is 10.00. The molecule has 3 atom stereocenters. The van der Waals surface area contributed by atoms with Crippen LogP contribution in [0.4, 0.5) is 0 Å². The number of amides is 2. The number of thiophene rings is 1. The summed E-state index contributed by atoms with van der Waals surface area (Å²) in [6.45, 7) is 4.08. The van der Waals surface area contributed by atoms with Crippen molar-refractivity contribution >= 4 is 33.2 Å². The minimum atomic E-state index is -3.73. The summed E-state index contributed by atoms with van der Waals surface area (Å²) in [4.78, 5) is 28.7. The summed E-state index contributed by atoms with van der Waals surface area (Å²) in [5.41, 5.74) is 1.06. The SMILES string of the molecule is CCc1ccc(S(=O)(=O)N2C[C@@H]3C(=O)N(C(CC)c4cccs4)C(=O)[C@@H]3C2)cc1. The van der Waals surface area contributed by atoms with E-state index in [1.807, 2.05) is 31.4 Å². The molecule has 1 aromatic heterocycles. The first-order valence-corrected chi connectivity index (χ1v) is 12.2. The van der Waals surface area contributed by atoms with Crippen LogP contribution in [0.5, 0.6) is 0 Å². The molecule has 2 amide bonds. The second-order valence-electron chi connectivity index (χ2n) is 7.52. The molecule has 1 aromatic carbocycles. The Morgan fingerprint density at radius 1 is 1.03 bits per heavy atom. The van der Waals surface area contributed by atoms with E-state index in [0.29, 0.717) is 6.42 Å². The van der Waals surface area contributed by atoms with Crippen molar-refractivity contribution in [1.82, 2.24) is 9.21 Å². The zero-order valence-electron chi connectivity index (χ0n) is 16.4. The van der Waals surface area contributed by atoms with E-state index in [0.717, 1.165) is 16.9 Å². The van der Waals surface area contributed by atoms with Gasteiger partial charge >= 0.3 is 0 Å². The maximum absolute atomic E-state index is 13.1. The number of rotatable bonds is 6. The Kier molecular flexibility index (Phi) is 5.35. The van der Waals surface area contributed by atoms with Crippen LogP contribution in [0.3, 0.4) is 0 Å². The fourth-order valence-corrected chi connectivity index (χ4v) is 6.67. The third kappa shape index (κ3) is 3.33. The molecular formula is C21H24N2O4S2. The maximum atomic E-state index is 13.1. The van der Waals surface area contributed by atoms with Crippen LogP contribution in [0.25, 0.3) is 0 Å². The molecule has 0 N–H and O–H groups in total. The lowest BCUT2D eigenvalue weighted by Gasteiger charge is -2.26. The summed E-state index contributed by atoms with van der Waals surface area (Å²) in [6.07, 6.45) is 1.47. The molecule has 29 heavy (non-hydrogen) atoms. The van der Waals surface area contributed by atoms with Crippen molar-refractivity contribution in [2.24, 2.45) is 11.8 Å². The summed E-state index contributed by atoms with van der Waals surface area (Å²) in [5, 5.41) is 1.93. The zero-order valence-corrected chi connectivity index (χ0v) is 18.1. The highest BCUT2D eigenvalue weighted by Gasteiger charge is 2.56. The van der Waals surface area contributed by atoms with Crippen LogP contribution in [-0.2, 0) is 26.0 Å². The highest BCUT2D eigenvalue weighted by Crippen LogP contribution is 2.41. The number of benzene rings is 1. The molecular weight excluding hydrogens is 408 g/mol. The van der Waals surface area contributed by atoms with E-state index in [4.69, 9.17) is 0 Å². The Morgan fingerprint density at radius 3 is 2.14 bits per heavy atom. The number of fused-ring (bicyclic) bond motifs is 1. The molecule has 1 unspecified atom stereocenters. The van der Waals surface area contributed by atoms with Gasteiger partial charge in [-0.15, -0.1) is 11.3 Å². The van der Waals surface area contributed by atoms with Gasteiger partial charge in [-0.3, -0.25) is 14.5 Å². The molecule has 2 saturated heterocycles. The van der Waals surface area contributed by atoms with Gasteiger partial charge in [0.2, 0.25) is 21.8 Å². The van der Waals surface area contributed by atoms with Crippen LogP contribution in [0.2, 0.25) is 0 Å². The molecule has 0 radical (unpaired) electrons. The fourth-order valence-electron chi connectivity index (χ4n) is 4.28. The van der Waals surface area contributed by atoms with Crippen molar-refractivity contribution in [2.45, 2.75) is 37.6 Å². The van der Waals surface area contributed by atoms with Crippen LogP contribution >= 0.6 is 11.3 Å². The number of likely N-dealkylation sites (tertiary alicyclic amines) is 1. The molecule has 2 aromatic rings. The first-order valence-electron chi connectivity index (χ1n) is 9.87. The number of imide groups is 1. The molecule has 0 aliphatic carbocycles. The van der Waals surface area contributed by atoms with Gasteiger partial charge in [0.15, 0.2) is 0 Å². The average Bonchev–Trinajstić information content (AvgIpc) is 3.45. The van der Waals surface area contributed by atoms with Crippen LogP contribution in [0.1, 0.15) is 36.8 Å². The minimum absolute atomic E-state index is 0.0600. The van der Waals surface area contributed by atoms with Gasteiger partial charge in [0.05, 0.1) is 22.8 Å². The van der Waals surface area contributed by atoms with Gasteiger partial charge in [-0.1, -0.05) is 32.0 Å². The molecule has 8 heteroatoms. The van der Waals surface area contributed by atoms with Gasteiger partial charge in [0.1, 0.15) is 0 Å². The third-order valence-electron chi connectivity index (χ3n) is 5.93. The second-order valence-corrected chi connectivity index (χ2v) is 10.4. The summed E-state index contributed by atoms with van der Waals surface area (Å²) in [7, 11) is -3.73. The van der Waals surface area contributed by atoms with Crippen LogP contribution in [-0.4, -0.2) is 42.5 Å². The molecule has 154 valence electrons. The van der Waals surface area contributed by atoms with E-state index in [1.165, 1.54) is 20.5 Å². The van der Waals surface area contributed by atoms with Crippen molar-refractivity contribution in [3.63, 3.8) is 0 Å². The quantitative estimate of drug-likeness (QED) is 0.658. The van der Waals surface area contributed by atoms with Gasteiger partial charge in [-0.25, -0.2) is 8.42 Å². The molecule has 0 saturated carbocycles. The normalized spacial score (nSPS) is 23.6. The number of carbonyl (C=O) groups is 2.